The van der Waals surface area contributed by atoms with Gasteiger partial charge in [0.2, 0.25) is 0 Å². The Bertz CT molecular complexity index is 787. The number of nitrogens with zero attached hydrogens (tertiary/aromatic N) is 2. The van der Waals surface area contributed by atoms with E-state index in [0.717, 1.165) is 62.8 Å². The molecule has 1 N–H and O–H groups in total. The van der Waals surface area contributed by atoms with Gasteiger partial charge in [0.15, 0.2) is 0 Å². The summed E-state index contributed by atoms with van der Waals surface area (Å²) in [5.74, 6) is 1.69. The van der Waals surface area contributed by atoms with Gasteiger partial charge in [0.1, 0.15) is 11.5 Å². The van der Waals surface area contributed by atoms with Crippen molar-refractivity contribution in [2.45, 2.75) is 19.8 Å². The Kier molecular flexibility index (Phi) is 8.39. The normalized spacial score (nSPS) is 14.4. The van der Waals surface area contributed by atoms with Gasteiger partial charge in [0.25, 0.3) is 5.91 Å². The smallest absolute Gasteiger partial charge is 0.251 e. The molecule has 0 bridgehead atoms. The Balaban J connectivity index is 1.38. The van der Waals surface area contributed by atoms with Crippen LogP contribution in [0.4, 0.5) is 5.69 Å². The molecule has 2 aromatic rings. The van der Waals surface area contributed by atoms with Gasteiger partial charge >= 0.3 is 0 Å². The predicted octanol–water partition coefficient (Wildman–Crippen LogP) is 3.43. The topological polar surface area (TPSA) is 54.0 Å². The molecule has 0 atom stereocenters. The first-order chi connectivity index (χ1) is 14.7. The quantitative estimate of drug-likeness (QED) is 0.607. The minimum Gasteiger partial charge on any atom is -0.495 e. The van der Waals surface area contributed by atoms with E-state index in [9.17, 15) is 4.79 Å². The maximum Gasteiger partial charge on any atom is 0.251 e. The van der Waals surface area contributed by atoms with Crippen LogP contribution < -0.4 is 19.7 Å². The van der Waals surface area contributed by atoms with E-state index in [2.05, 4.69) is 28.1 Å². The summed E-state index contributed by atoms with van der Waals surface area (Å²) in [6.07, 6.45) is 2.14. The number of piperazine rings is 1. The molecule has 6 heteroatoms. The van der Waals surface area contributed by atoms with Crippen molar-refractivity contribution in [3.8, 4) is 11.5 Å². The lowest BCUT2D eigenvalue weighted by molar-refractivity contribution is 0.0947. The number of ether oxygens (including phenoxy) is 2. The fourth-order valence-electron chi connectivity index (χ4n) is 3.57. The second-order valence-electron chi connectivity index (χ2n) is 7.48. The van der Waals surface area contributed by atoms with Crippen LogP contribution in [0.2, 0.25) is 0 Å². The van der Waals surface area contributed by atoms with Crippen LogP contribution in [0.25, 0.3) is 0 Å². The summed E-state index contributed by atoms with van der Waals surface area (Å²) in [6.45, 7) is 8.19. The van der Waals surface area contributed by atoms with E-state index in [-0.39, 0.29) is 5.91 Å². The van der Waals surface area contributed by atoms with Gasteiger partial charge < -0.3 is 19.7 Å². The van der Waals surface area contributed by atoms with E-state index >= 15 is 0 Å². The zero-order valence-electron chi connectivity index (χ0n) is 18.1. The number of nitrogens with one attached hydrogen (secondary N) is 1. The van der Waals surface area contributed by atoms with E-state index in [1.54, 1.807) is 7.11 Å². The van der Waals surface area contributed by atoms with Crippen molar-refractivity contribution in [3.63, 3.8) is 0 Å². The molecule has 162 valence electrons. The largest absolute Gasteiger partial charge is 0.495 e. The SMILES string of the molecule is CCCCOc1ccc(C(=O)NCCN2CCN(c3ccccc3OC)CC2)cc1. The molecule has 3 rings (SSSR count). The van der Waals surface area contributed by atoms with Crippen LogP contribution in [-0.2, 0) is 0 Å². The van der Waals surface area contributed by atoms with Crippen LogP contribution >= 0.6 is 0 Å². The van der Waals surface area contributed by atoms with Gasteiger partial charge in [-0.3, -0.25) is 9.69 Å². The highest BCUT2D eigenvalue weighted by Crippen LogP contribution is 2.28. The molecule has 1 aliphatic heterocycles. The lowest BCUT2D eigenvalue weighted by Gasteiger charge is -2.36. The fraction of sp³-hybridized carbons (Fsp3) is 0.458. The second kappa shape index (κ2) is 11.5. The second-order valence-corrected chi connectivity index (χ2v) is 7.48. The molecular formula is C24H33N3O3. The first-order valence-electron chi connectivity index (χ1n) is 10.8. The maximum atomic E-state index is 12.4. The van der Waals surface area contributed by atoms with Crippen molar-refractivity contribution in [3.05, 3.63) is 54.1 Å². The minimum atomic E-state index is -0.0391. The molecule has 0 spiro atoms. The molecule has 0 unspecified atom stereocenters. The van der Waals surface area contributed by atoms with Crippen molar-refractivity contribution < 1.29 is 14.3 Å². The van der Waals surface area contributed by atoms with Crippen LogP contribution in [0.5, 0.6) is 11.5 Å². The first-order valence-corrected chi connectivity index (χ1v) is 10.8. The van der Waals surface area contributed by atoms with Crippen molar-refractivity contribution in [2.75, 3.05) is 57.9 Å². The summed E-state index contributed by atoms with van der Waals surface area (Å²) < 4.78 is 11.1. The van der Waals surface area contributed by atoms with Crippen LogP contribution in [0, 0.1) is 0 Å². The molecule has 6 nitrogen and oxygen atoms in total. The number of hydrogen-bond donors (Lipinski definition) is 1. The number of carbonyl (C=O) groups excluding carboxylic acids is 1. The Morgan fingerprint density at radius 1 is 1.03 bits per heavy atom. The van der Waals surface area contributed by atoms with Crippen LogP contribution in [0.3, 0.4) is 0 Å². The zero-order valence-corrected chi connectivity index (χ0v) is 18.1. The number of anilines is 1. The summed E-state index contributed by atoms with van der Waals surface area (Å²) in [5, 5.41) is 3.02. The number of benzene rings is 2. The summed E-state index contributed by atoms with van der Waals surface area (Å²) in [6, 6.07) is 15.5. The van der Waals surface area contributed by atoms with Gasteiger partial charge in [0.05, 0.1) is 19.4 Å². The maximum absolute atomic E-state index is 12.4. The third-order valence-electron chi connectivity index (χ3n) is 5.39. The minimum absolute atomic E-state index is 0.0391. The molecule has 0 aliphatic carbocycles. The summed E-state index contributed by atoms with van der Waals surface area (Å²) >= 11 is 0. The van der Waals surface area contributed by atoms with Crippen molar-refractivity contribution in [1.82, 2.24) is 10.2 Å². The van der Waals surface area contributed by atoms with Crippen molar-refractivity contribution >= 4 is 11.6 Å². The van der Waals surface area contributed by atoms with E-state index in [1.807, 2.05) is 42.5 Å². The Labute approximate surface area is 179 Å². The van der Waals surface area contributed by atoms with Crippen molar-refractivity contribution in [1.29, 1.82) is 0 Å². The molecule has 1 aliphatic rings. The van der Waals surface area contributed by atoms with E-state index in [4.69, 9.17) is 9.47 Å². The standard InChI is InChI=1S/C24H33N3O3/c1-3-4-19-30-21-11-9-20(10-12-21)24(28)25-13-14-26-15-17-27(18-16-26)22-7-5-6-8-23(22)29-2/h5-12H,3-4,13-19H2,1-2H3,(H,25,28). The van der Waals surface area contributed by atoms with E-state index in [0.29, 0.717) is 18.7 Å². The molecule has 0 radical (unpaired) electrons. The third-order valence-corrected chi connectivity index (χ3v) is 5.39. The van der Waals surface area contributed by atoms with E-state index < -0.39 is 0 Å². The van der Waals surface area contributed by atoms with Crippen LogP contribution in [0.1, 0.15) is 30.1 Å². The number of unbranched alkanes of at least 4 members (excludes halogenated alkanes) is 1. The third kappa shape index (κ3) is 6.13. The summed E-state index contributed by atoms with van der Waals surface area (Å²) in [7, 11) is 1.71. The van der Waals surface area contributed by atoms with Gasteiger partial charge in [-0.25, -0.2) is 0 Å². The fourth-order valence-corrected chi connectivity index (χ4v) is 3.57. The lowest BCUT2D eigenvalue weighted by Crippen LogP contribution is -2.48. The molecule has 0 aromatic heterocycles. The number of para-hydroxylation sites is 2. The zero-order chi connectivity index (χ0) is 21.2. The average molecular weight is 412 g/mol. The Hall–Kier alpha value is -2.73. The highest BCUT2D eigenvalue weighted by atomic mass is 16.5. The number of amides is 1. The average Bonchev–Trinajstić information content (AvgIpc) is 2.80. The number of carbonyl (C=O) groups is 1. The van der Waals surface area contributed by atoms with Gasteiger partial charge in [-0.2, -0.15) is 0 Å². The molecule has 0 saturated carbocycles. The highest BCUT2D eigenvalue weighted by molar-refractivity contribution is 5.94. The summed E-state index contributed by atoms with van der Waals surface area (Å²) in [4.78, 5) is 17.1. The van der Waals surface area contributed by atoms with Crippen molar-refractivity contribution in [2.24, 2.45) is 0 Å². The monoisotopic (exact) mass is 411 g/mol. The van der Waals surface area contributed by atoms with E-state index in [1.165, 1.54) is 0 Å². The van der Waals surface area contributed by atoms with Gasteiger partial charge in [-0.05, 0) is 42.8 Å². The molecule has 30 heavy (non-hydrogen) atoms. The molecule has 1 saturated heterocycles. The van der Waals surface area contributed by atoms with Crippen LogP contribution in [0.15, 0.2) is 48.5 Å². The highest BCUT2D eigenvalue weighted by Gasteiger charge is 2.19. The molecule has 1 heterocycles. The number of hydrogen-bond acceptors (Lipinski definition) is 5. The van der Waals surface area contributed by atoms with Crippen LogP contribution in [-0.4, -0.2) is 63.8 Å². The summed E-state index contributed by atoms with van der Waals surface area (Å²) in [5.41, 5.74) is 1.81. The first kappa shape index (κ1) is 22.0. The number of methoxy groups -OCH3 is 1. The Morgan fingerprint density at radius 2 is 1.77 bits per heavy atom. The molecule has 2 aromatic carbocycles. The Morgan fingerprint density at radius 3 is 2.47 bits per heavy atom. The molecular weight excluding hydrogens is 378 g/mol. The van der Waals surface area contributed by atoms with Gasteiger partial charge in [-0.1, -0.05) is 25.5 Å². The molecule has 1 fully saturated rings. The van der Waals surface area contributed by atoms with Gasteiger partial charge in [-0.15, -0.1) is 0 Å². The molecule has 1 amide bonds. The lowest BCUT2D eigenvalue weighted by atomic mass is 10.2. The van der Waals surface area contributed by atoms with Gasteiger partial charge in [0, 0.05) is 44.8 Å². The number of rotatable bonds is 10. The predicted molar refractivity (Wildman–Crippen MR) is 121 cm³/mol.